The molecule has 1 aliphatic carbocycles. The summed E-state index contributed by atoms with van der Waals surface area (Å²) in [6.45, 7) is 5.03. The largest absolute Gasteiger partial charge is 0.431 e. The summed E-state index contributed by atoms with van der Waals surface area (Å²) in [6, 6.07) is 0. The van der Waals surface area contributed by atoms with Gasteiger partial charge >= 0.3 is 5.97 Å². The molecule has 0 bridgehead atoms. The second-order valence-corrected chi connectivity index (χ2v) is 4.06. The smallest absolute Gasteiger partial charge is 0.307 e. The number of unbranched alkanes of at least 4 members (excludes halogenated alkanes) is 1. The van der Waals surface area contributed by atoms with Gasteiger partial charge in [-0.05, 0) is 25.7 Å². The first kappa shape index (κ1) is 12.7. The molecule has 0 aromatic heterocycles. The molecule has 1 unspecified atom stereocenters. The van der Waals surface area contributed by atoms with Crippen molar-refractivity contribution >= 4 is 11.8 Å². The first-order chi connectivity index (χ1) is 7.63. The lowest BCUT2D eigenvalue weighted by atomic mass is 9.89. The Morgan fingerprint density at radius 2 is 2.44 bits per heavy atom. The van der Waals surface area contributed by atoms with Crippen molar-refractivity contribution in [3.8, 4) is 0 Å². The van der Waals surface area contributed by atoms with E-state index in [4.69, 9.17) is 4.74 Å². The summed E-state index contributed by atoms with van der Waals surface area (Å²) < 4.78 is 5.08. The zero-order valence-electron chi connectivity index (χ0n) is 9.70. The van der Waals surface area contributed by atoms with Crippen molar-refractivity contribution in [2.75, 3.05) is 0 Å². The zero-order chi connectivity index (χ0) is 12.0. The molecule has 0 saturated carbocycles. The van der Waals surface area contributed by atoms with E-state index in [1.165, 1.54) is 13.0 Å². The number of allylic oxidation sites excluding steroid dienone is 3. The number of carbonyl (C=O) groups excluding carboxylic acids is 2. The molecule has 0 fully saturated rings. The Labute approximate surface area is 96.2 Å². The minimum atomic E-state index is -0.352. The van der Waals surface area contributed by atoms with Crippen LogP contribution in [-0.2, 0) is 14.3 Å². The summed E-state index contributed by atoms with van der Waals surface area (Å²) in [5, 5.41) is 0. The highest BCUT2D eigenvalue weighted by Crippen LogP contribution is 2.28. The summed E-state index contributed by atoms with van der Waals surface area (Å²) in [6.07, 6.45) is 7.61. The predicted octanol–water partition coefficient (Wildman–Crippen LogP) is 2.77. The summed E-state index contributed by atoms with van der Waals surface area (Å²) in [5.74, 6) is 0.459. The van der Waals surface area contributed by atoms with Gasteiger partial charge in [-0.2, -0.15) is 0 Å². The molecule has 0 heterocycles. The number of ketones is 1. The Bertz CT molecular complexity index is 315. The van der Waals surface area contributed by atoms with Crippen molar-refractivity contribution in [1.29, 1.82) is 0 Å². The SMILES string of the molecule is C=CCCCC1CCC(=O)C=C1OC(C)=O. The highest BCUT2D eigenvalue weighted by Gasteiger charge is 2.23. The second-order valence-electron chi connectivity index (χ2n) is 4.06. The van der Waals surface area contributed by atoms with Gasteiger partial charge in [-0.15, -0.1) is 6.58 Å². The van der Waals surface area contributed by atoms with E-state index in [0.717, 1.165) is 25.7 Å². The summed E-state index contributed by atoms with van der Waals surface area (Å²) in [5.41, 5.74) is 0. The Kier molecular flexibility index (Phi) is 4.96. The van der Waals surface area contributed by atoms with E-state index in [9.17, 15) is 9.59 Å². The fraction of sp³-hybridized carbons (Fsp3) is 0.538. The van der Waals surface area contributed by atoms with Crippen LogP contribution in [-0.4, -0.2) is 11.8 Å². The summed E-state index contributed by atoms with van der Waals surface area (Å²) >= 11 is 0. The third kappa shape index (κ3) is 4.01. The van der Waals surface area contributed by atoms with Gasteiger partial charge in [0, 0.05) is 25.3 Å². The van der Waals surface area contributed by atoms with Gasteiger partial charge < -0.3 is 4.74 Å². The molecule has 1 rings (SSSR count). The molecule has 0 radical (unpaired) electrons. The standard InChI is InChI=1S/C13H18O3/c1-3-4-5-6-11-7-8-12(15)9-13(11)16-10(2)14/h3,9,11H,1,4-8H2,2H3. The number of carbonyl (C=O) groups is 2. The lowest BCUT2D eigenvalue weighted by molar-refractivity contribution is -0.138. The number of ether oxygens (including phenoxy) is 1. The third-order valence-electron chi connectivity index (χ3n) is 2.67. The van der Waals surface area contributed by atoms with E-state index in [0.29, 0.717) is 12.2 Å². The molecule has 1 atom stereocenters. The Hall–Kier alpha value is -1.38. The van der Waals surface area contributed by atoms with Crippen molar-refractivity contribution in [2.24, 2.45) is 5.92 Å². The molecule has 0 aromatic carbocycles. The average molecular weight is 222 g/mol. The van der Waals surface area contributed by atoms with Crippen LogP contribution in [0.2, 0.25) is 0 Å². The molecule has 1 aliphatic rings. The average Bonchev–Trinajstić information content (AvgIpc) is 2.20. The molecular weight excluding hydrogens is 204 g/mol. The van der Waals surface area contributed by atoms with E-state index in [-0.39, 0.29) is 17.7 Å². The predicted molar refractivity (Wildman–Crippen MR) is 61.6 cm³/mol. The van der Waals surface area contributed by atoms with Gasteiger partial charge in [0.05, 0.1) is 0 Å². The van der Waals surface area contributed by atoms with E-state index in [1.807, 2.05) is 6.08 Å². The normalized spacial score (nSPS) is 20.2. The highest BCUT2D eigenvalue weighted by molar-refractivity contribution is 5.91. The van der Waals surface area contributed by atoms with Gasteiger partial charge in [-0.25, -0.2) is 0 Å². The van der Waals surface area contributed by atoms with Gasteiger partial charge in [-0.1, -0.05) is 6.08 Å². The maximum absolute atomic E-state index is 11.2. The van der Waals surface area contributed by atoms with Crippen LogP contribution in [0.3, 0.4) is 0 Å². The zero-order valence-corrected chi connectivity index (χ0v) is 9.70. The van der Waals surface area contributed by atoms with Gasteiger partial charge in [0.1, 0.15) is 5.76 Å². The first-order valence-electron chi connectivity index (χ1n) is 5.67. The third-order valence-corrected chi connectivity index (χ3v) is 2.67. The van der Waals surface area contributed by atoms with Crippen LogP contribution < -0.4 is 0 Å². The minimum Gasteiger partial charge on any atom is -0.431 e. The molecule has 0 amide bonds. The van der Waals surface area contributed by atoms with E-state index in [2.05, 4.69) is 6.58 Å². The molecule has 0 N–H and O–H groups in total. The van der Waals surface area contributed by atoms with Crippen molar-refractivity contribution < 1.29 is 14.3 Å². The van der Waals surface area contributed by atoms with E-state index >= 15 is 0 Å². The first-order valence-corrected chi connectivity index (χ1v) is 5.67. The van der Waals surface area contributed by atoms with Gasteiger partial charge in [0.2, 0.25) is 0 Å². The van der Waals surface area contributed by atoms with E-state index < -0.39 is 0 Å². The van der Waals surface area contributed by atoms with Crippen molar-refractivity contribution in [1.82, 2.24) is 0 Å². The molecule has 0 saturated heterocycles. The fourth-order valence-corrected chi connectivity index (χ4v) is 1.88. The molecule has 3 heteroatoms. The molecule has 3 nitrogen and oxygen atoms in total. The Morgan fingerprint density at radius 1 is 1.69 bits per heavy atom. The van der Waals surface area contributed by atoms with Gasteiger partial charge in [0.25, 0.3) is 0 Å². The van der Waals surface area contributed by atoms with Crippen molar-refractivity contribution in [3.63, 3.8) is 0 Å². The summed E-state index contributed by atoms with van der Waals surface area (Å²) in [7, 11) is 0. The van der Waals surface area contributed by atoms with Crippen molar-refractivity contribution in [3.05, 3.63) is 24.5 Å². The van der Waals surface area contributed by atoms with Crippen LogP contribution in [0, 0.1) is 5.92 Å². The van der Waals surface area contributed by atoms with E-state index in [1.54, 1.807) is 0 Å². The van der Waals surface area contributed by atoms with Crippen LogP contribution >= 0.6 is 0 Å². The number of hydrogen-bond donors (Lipinski definition) is 0. The fourth-order valence-electron chi connectivity index (χ4n) is 1.88. The van der Waals surface area contributed by atoms with Crippen LogP contribution in [0.25, 0.3) is 0 Å². The van der Waals surface area contributed by atoms with Crippen molar-refractivity contribution in [2.45, 2.75) is 39.0 Å². The lowest BCUT2D eigenvalue weighted by Crippen LogP contribution is -2.17. The number of esters is 1. The number of hydrogen-bond acceptors (Lipinski definition) is 3. The van der Waals surface area contributed by atoms with Crippen LogP contribution in [0.5, 0.6) is 0 Å². The molecule has 0 aliphatic heterocycles. The molecule has 0 aromatic rings. The lowest BCUT2D eigenvalue weighted by Gasteiger charge is -2.22. The monoisotopic (exact) mass is 222 g/mol. The number of rotatable bonds is 5. The topological polar surface area (TPSA) is 43.4 Å². The quantitative estimate of drug-likeness (QED) is 0.408. The van der Waals surface area contributed by atoms with Crippen LogP contribution in [0.4, 0.5) is 0 Å². The van der Waals surface area contributed by atoms with Gasteiger partial charge in [0.15, 0.2) is 5.78 Å². The maximum Gasteiger partial charge on any atom is 0.307 e. The molecule has 0 spiro atoms. The minimum absolute atomic E-state index is 0.0521. The summed E-state index contributed by atoms with van der Waals surface area (Å²) in [4.78, 5) is 22.2. The molecular formula is C13H18O3. The van der Waals surface area contributed by atoms with Crippen LogP contribution in [0.15, 0.2) is 24.5 Å². The van der Waals surface area contributed by atoms with Gasteiger partial charge in [-0.3, -0.25) is 9.59 Å². The maximum atomic E-state index is 11.2. The molecule has 16 heavy (non-hydrogen) atoms. The Balaban J connectivity index is 2.59. The highest BCUT2D eigenvalue weighted by atomic mass is 16.5. The Morgan fingerprint density at radius 3 is 3.06 bits per heavy atom. The van der Waals surface area contributed by atoms with Crippen LogP contribution in [0.1, 0.15) is 39.0 Å². The molecule has 88 valence electrons. The second kappa shape index (κ2) is 6.26.